The van der Waals surface area contributed by atoms with Gasteiger partial charge in [-0.1, -0.05) is 27.2 Å². The topological polar surface area (TPSA) is 90.5 Å². The van der Waals surface area contributed by atoms with Gasteiger partial charge < -0.3 is 5.32 Å². The van der Waals surface area contributed by atoms with Crippen molar-refractivity contribution in [1.29, 1.82) is 0 Å². The van der Waals surface area contributed by atoms with Crippen LogP contribution in [0.15, 0.2) is 65.5 Å². The molecule has 8 nitrogen and oxygen atoms in total. The van der Waals surface area contributed by atoms with E-state index in [0.29, 0.717) is 18.2 Å². The first-order valence-electron chi connectivity index (χ1n) is 9.64. The highest BCUT2D eigenvalue weighted by Gasteiger charge is 2.34. The van der Waals surface area contributed by atoms with Crippen molar-refractivity contribution in [3.05, 3.63) is 82.5 Å². The molecule has 1 amide bonds. The Morgan fingerprint density at radius 1 is 1.17 bits per heavy atom. The summed E-state index contributed by atoms with van der Waals surface area (Å²) in [5.74, 6) is 0.819. The molecule has 0 aliphatic heterocycles. The second-order valence-corrected chi connectivity index (χ2v) is 8.06. The second kappa shape index (κ2) is 7.83. The number of halogens is 1. The van der Waals surface area contributed by atoms with Crippen LogP contribution in [0.4, 0.5) is 0 Å². The summed E-state index contributed by atoms with van der Waals surface area (Å²) >= 11 is 3.45. The van der Waals surface area contributed by atoms with Crippen LogP contribution in [0.25, 0.3) is 11.5 Å². The lowest BCUT2D eigenvalue weighted by atomic mass is 10.2. The Morgan fingerprint density at radius 2 is 2.00 bits per heavy atom. The standard InChI is InChI=1S/C21H18BrN7O/c22-16-5-7-17(8-6-16)29-20(15-3-4-15)19(26-27-29)21(30)24-13-14-2-9-18(23-12-14)28-11-1-10-25-28/h1-2,5-12,15H,3-4,13H2,(H,24,30). The molecule has 0 radical (unpaired) electrons. The van der Waals surface area contributed by atoms with E-state index < -0.39 is 0 Å². The molecule has 1 saturated carbocycles. The van der Waals surface area contributed by atoms with Crippen molar-refractivity contribution in [3.8, 4) is 11.5 Å². The molecule has 9 heteroatoms. The Kier molecular flexibility index (Phi) is 4.88. The van der Waals surface area contributed by atoms with Crippen molar-refractivity contribution in [2.24, 2.45) is 0 Å². The first kappa shape index (κ1) is 18.7. The number of carbonyl (C=O) groups excluding carboxylic acids is 1. The van der Waals surface area contributed by atoms with E-state index in [1.165, 1.54) is 0 Å². The van der Waals surface area contributed by atoms with E-state index in [4.69, 9.17) is 0 Å². The fourth-order valence-corrected chi connectivity index (χ4v) is 3.54. The van der Waals surface area contributed by atoms with Gasteiger partial charge in [0, 0.05) is 35.5 Å². The van der Waals surface area contributed by atoms with Gasteiger partial charge in [0.25, 0.3) is 5.91 Å². The molecule has 5 rings (SSSR count). The number of carbonyl (C=O) groups is 1. The molecule has 0 atom stereocenters. The van der Waals surface area contributed by atoms with Crippen LogP contribution in [-0.4, -0.2) is 35.7 Å². The fraction of sp³-hybridized carbons (Fsp3) is 0.190. The van der Waals surface area contributed by atoms with Crippen molar-refractivity contribution >= 4 is 21.8 Å². The molecule has 0 bridgehead atoms. The van der Waals surface area contributed by atoms with Gasteiger partial charge in [-0.25, -0.2) is 14.3 Å². The Labute approximate surface area is 181 Å². The summed E-state index contributed by atoms with van der Waals surface area (Å²) in [6.45, 7) is 0.362. The van der Waals surface area contributed by atoms with Crippen molar-refractivity contribution in [2.75, 3.05) is 0 Å². The third kappa shape index (κ3) is 3.76. The predicted octanol–water partition coefficient (Wildman–Crippen LogP) is 3.42. The number of rotatable bonds is 6. The number of pyridine rings is 1. The number of hydrogen-bond acceptors (Lipinski definition) is 5. The summed E-state index contributed by atoms with van der Waals surface area (Å²) in [7, 11) is 0. The van der Waals surface area contributed by atoms with Crippen LogP contribution in [0.1, 0.15) is 40.5 Å². The maximum absolute atomic E-state index is 12.9. The molecule has 0 saturated heterocycles. The quantitative estimate of drug-likeness (QED) is 0.472. The molecule has 3 aromatic heterocycles. The van der Waals surface area contributed by atoms with Crippen molar-refractivity contribution in [1.82, 2.24) is 35.1 Å². The summed E-state index contributed by atoms with van der Waals surface area (Å²) < 4.78 is 4.45. The van der Waals surface area contributed by atoms with E-state index in [1.807, 2.05) is 48.7 Å². The van der Waals surface area contributed by atoms with Crippen LogP contribution in [0.2, 0.25) is 0 Å². The summed E-state index contributed by atoms with van der Waals surface area (Å²) in [5, 5.41) is 15.6. The second-order valence-electron chi connectivity index (χ2n) is 7.14. The fourth-order valence-electron chi connectivity index (χ4n) is 3.27. The Morgan fingerprint density at radius 3 is 2.67 bits per heavy atom. The SMILES string of the molecule is O=C(NCc1ccc(-n2cccn2)nc1)c1nnn(-c2ccc(Br)cc2)c1C1CC1. The molecule has 1 aliphatic rings. The van der Waals surface area contributed by atoms with Gasteiger partial charge in [0.15, 0.2) is 11.5 Å². The monoisotopic (exact) mass is 463 g/mol. The summed E-state index contributed by atoms with van der Waals surface area (Å²) in [6, 6.07) is 13.5. The zero-order valence-electron chi connectivity index (χ0n) is 15.9. The highest BCUT2D eigenvalue weighted by atomic mass is 79.9. The summed E-state index contributed by atoms with van der Waals surface area (Å²) in [5.41, 5.74) is 3.06. The van der Waals surface area contributed by atoms with E-state index in [-0.39, 0.29) is 5.91 Å². The molecule has 0 spiro atoms. The molecule has 4 aromatic rings. The van der Waals surface area contributed by atoms with E-state index in [1.54, 1.807) is 21.8 Å². The van der Waals surface area contributed by atoms with Gasteiger partial charge in [0.2, 0.25) is 0 Å². The maximum Gasteiger partial charge on any atom is 0.274 e. The van der Waals surface area contributed by atoms with Gasteiger partial charge in [-0.05, 0) is 54.8 Å². The molecule has 1 aromatic carbocycles. The number of hydrogen-bond donors (Lipinski definition) is 1. The molecule has 1 aliphatic carbocycles. The number of aromatic nitrogens is 6. The third-order valence-electron chi connectivity index (χ3n) is 4.96. The minimum atomic E-state index is -0.226. The first-order valence-corrected chi connectivity index (χ1v) is 10.4. The lowest BCUT2D eigenvalue weighted by molar-refractivity contribution is 0.0944. The largest absolute Gasteiger partial charge is 0.346 e. The third-order valence-corrected chi connectivity index (χ3v) is 5.49. The zero-order chi connectivity index (χ0) is 20.5. The molecule has 1 N–H and O–H groups in total. The molecule has 150 valence electrons. The van der Waals surface area contributed by atoms with E-state index in [0.717, 1.165) is 40.1 Å². The van der Waals surface area contributed by atoms with Crippen LogP contribution in [-0.2, 0) is 6.54 Å². The van der Waals surface area contributed by atoms with Gasteiger partial charge in [-0.3, -0.25) is 4.79 Å². The number of nitrogens with zero attached hydrogens (tertiary/aromatic N) is 6. The van der Waals surface area contributed by atoms with Gasteiger partial charge in [-0.2, -0.15) is 5.10 Å². The van der Waals surface area contributed by atoms with Crippen molar-refractivity contribution < 1.29 is 4.79 Å². The number of benzene rings is 1. The first-order chi connectivity index (χ1) is 14.7. The van der Waals surface area contributed by atoms with Crippen molar-refractivity contribution in [2.45, 2.75) is 25.3 Å². The lowest BCUT2D eigenvalue weighted by Crippen LogP contribution is -2.24. The average molecular weight is 464 g/mol. The van der Waals surface area contributed by atoms with Crippen LogP contribution >= 0.6 is 15.9 Å². The van der Waals surface area contributed by atoms with Crippen LogP contribution < -0.4 is 5.32 Å². The highest BCUT2D eigenvalue weighted by Crippen LogP contribution is 2.42. The molecule has 1 fully saturated rings. The van der Waals surface area contributed by atoms with Gasteiger partial charge in [0.1, 0.15) is 0 Å². The minimum absolute atomic E-state index is 0.226. The van der Waals surface area contributed by atoms with E-state index in [9.17, 15) is 4.79 Å². The minimum Gasteiger partial charge on any atom is -0.346 e. The molecular weight excluding hydrogens is 446 g/mol. The van der Waals surface area contributed by atoms with Gasteiger partial charge in [0.05, 0.1) is 11.4 Å². The highest BCUT2D eigenvalue weighted by molar-refractivity contribution is 9.10. The molecule has 0 unspecified atom stereocenters. The van der Waals surface area contributed by atoms with Gasteiger partial charge in [-0.15, -0.1) is 5.10 Å². The van der Waals surface area contributed by atoms with E-state index in [2.05, 4.69) is 41.6 Å². The van der Waals surface area contributed by atoms with Crippen molar-refractivity contribution in [3.63, 3.8) is 0 Å². The smallest absolute Gasteiger partial charge is 0.274 e. The maximum atomic E-state index is 12.9. The van der Waals surface area contributed by atoms with Crippen LogP contribution in [0, 0.1) is 0 Å². The molecule has 30 heavy (non-hydrogen) atoms. The van der Waals surface area contributed by atoms with Crippen LogP contribution in [0.3, 0.4) is 0 Å². The Balaban J connectivity index is 1.32. The summed E-state index contributed by atoms with van der Waals surface area (Å²) in [6.07, 6.45) is 7.36. The van der Waals surface area contributed by atoms with Crippen LogP contribution in [0.5, 0.6) is 0 Å². The molecular formula is C21H18BrN7O. The molecule has 3 heterocycles. The Bertz CT molecular complexity index is 1160. The van der Waals surface area contributed by atoms with E-state index >= 15 is 0 Å². The Hall–Kier alpha value is -3.33. The lowest BCUT2D eigenvalue weighted by Gasteiger charge is -2.08. The summed E-state index contributed by atoms with van der Waals surface area (Å²) in [4.78, 5) is 17.2. The number of amides is 1. The van der Waals surface area contributed by atoms with Gasteiger partial charge >= 0.3 is 0 Å². The number of nitrogens with one attached hydrogen (secondary N) is 1. The predicted molar refractivity (Wildman–Crippen MR) is 114 cm³/mol. The zero-order valence-corrected chi connectivity index (χ0v) is 17.5. The average Bonchev–Trinajstić information content (AvgIpc) is 3.27. The normalized spacial score (nSPS) is 13.4.